The van der Waals surface area contributed by atoms with E-state index in [-0.39, 0.29) is 5.82 Å². The number of epoxide rings is 1. The number of hydrogen-bond acceptors (Lipinski definition) is 1. The summed E-state index contributed by atoms with van der Waals surface area (Å²) in [4.78, 5) is 0. The smallest absolute Gasteiger partial charge is 0.123 e. The summed E-state index contributed by atoms with van der Waals surface area (Å²) < 4.78 is 17.8. The van der Waals surface area contributed by atoms with Gasteiger partial charge in [-0.2, -0.15) is 0 Å². The molecule has 1 saturated heterocycles. The average Bonchev–Trinajstić information content (AvgIpc) is 2.81. The van der Waals surface area contributed by atoms with E-state index in [1.54, 1.807) is 0 Å². The molecule has 0 aromatic heterocycles. The zero-order valence-electron chi connectivity index (χ0n) is 7.66. The van der Waals surface area contributed by atoms with Crippen molar-refractivity contribution >= 4 is 0 Å². The van der Waals surface area contributed by atoms with Crippen LogP contribution < -0.4 is 0 Å². The molecule has 0 amide bonds. The van der Waals surface area contributed by atoms with Gasteiger partial charge in [-0.3, -0.25) is 0 Å². The summed E-state index contributed by atoms with van der Waals surface area (Å²) in [5.74, 6) is -0.167. The van der Waals surface area contributed by atoms with Gasteiger partial charge in [-0.25, -0.2) is 4.39 Å². The Balaban J connectivity index is 1.84. The first-order valence-corrected chi connectivity index (χ1v) is 4.65. The van der Waals surface area contributed by atoms with Crippen LogP contribution in [0.25, 0.3) is 0 Å². The topological polar surface area (TPSA) is 12.5 Å². The van der Waals surface area contributed by atoms with Crippen LogP contribution in [-0.4, -0.2) is 12.2 Å². The highest BCUT2D eigenvalue weighted by Crippen LogP contribution is 2.25. The van der Waals surface area contributed by atoms with E-state index >= 15 is 0 Å². The van der Waals surface area contributed by atoms with Gasteiger partial charge in [0.2, 0.25) is 0 Å². The Morgan fingerprint density at radius 3 is 2.46 bits per heavy atom. The van der Waals surface area contributed by atoms with Crippen molar-refractivity contribution in [3.05, 3.63) is 35.6 Å². The van der Waals surface area contributed by atoms with Gasteiger partial charge >= 0.3 is 0 Å². The van der Waals surface area contributed by atoms with Crippen molar-refractivity contribution in [2.24, 2.45) is 0 Å². The molecule has 1 aliphatic rings. The first-order chi connectivity index (χ1) is 6.25. The van der Waals surface area contributed by atoms with E-state index in [0.717, 1.165) is 12.8 Å². The lowest BCUT2D eigenvalue weighted by atomic mass is 10.1. The standard InChI is InChI=1S/C11H13FO/c1-8-11(13-8)7-4-9-2-5-10(12)6-3-9/h2-3,5-6,8,11H,4,7H2,1H3. The summed E-state index contributed by atoms with van der Waals surface area (Å²) in [6.45, 7) is 2.08. The predicted molar refractivity (Wildman–Crippen MR) is 49.1 cm³/mol. The molecule has 2 rings (SSSR count). The molecule has 1 aromatic rings. The largest absolute Gasteiger partial charge is 0.370 e. The fraction of sp³-hybridized carbons (Fsp3) is 0.455. The lowest BCUT2D eigenvalue weighted by molar-refractivity contribution is 0.370. The van der Waals surface area contributed by atoms with E-state index in [2.05, 4.69) is 6.92 Å². The van der Waals surface area contributed by atoms with Crippen molar-refractivity contribution in [2.75, 3.05) is 0 Å². The van der Waals surface area contributed by atoms with Gasteiger partial charge in [0.1, 0.15) is 5.82 Å². The molecule has 2 atom stereocenters. The molecule has 1 aromatic carbocycles. The zero-order valence-corrected chi connectivity index (χ0v) is 7.66. The first-order valence-electron chi connectivity index (χ1n) is 4.65. The molecule has 2 unspecified atom stereocenters. The van der Waals surface area contributed by atoms with Crippen molar-refractivity contribution in [3.63, 3.8) is 0 Å². The van der Waals surface area contributed by atoms with Gasteiger partial charge in [-0.05, 0) is 37.5 Å². The highest BCUT2D eigenvalue weighted by atomic mass is 19.1. The Morgan fingerprint density at radius 2 is 1.92 bits per heavy atom. The third-order valence-electron chi connectivity index (χ3n) is 2.47. The Kier molecular flexibility index (Phi) is 2.32. The lowest BCUT2D eigenvalue weighted by Crippen LogP contribution is -1.93. The van der Waals surface area contributed by atoms with Crippen LogP contribution in [0.5, 0.6) is 0 Å². The molecule has 70 valence electrons. The first kappa shape index (κ1) is 8.70. The molecule has 1 heterocycles. The maximum atomic E-state index is 12.5. The van der Waals surface area contributed by atoms with Crippen molar-refractivity contribution in [2.45, 2.75) is 32.0 Å². The summed E-state index contributed by atoms with van der Waals surface area (Å²) in [5, 5.41) is 0. The maximum Gasteiger partial charge on any atom is 0.123 e. The van der Waals surface area contributed by atoms with Gasteiger partial charge in [-0.15, -0.1) is 0 Å². The van der Waals surface area contributed by atoms with E-state index < -0.39 is 0 Å². The van der Waals surface area contributed by atoms with Gasteiger partial charge in [0.25, 0.3) is 0 Å². The van der Waals surface area contributed by atoms with Crippen LogP contribution in [0, 0.1) is 5.82 Å². The molecular weight excluding hydrogens is 167 g/mol. The molecule has 0 aliphatic carbocycles. The molecule has 2 heteroatoms. The highest BCUT2D eigenvalue weighted by molar-refractivity contribution is 5.16. The van der Waals surface area contributed by atoms with Crippen molar-refractivity contribution in [1.82, 2.24) is 0 Å². The summed E-state index contributed by atoms with van der Waals surface area (Å²) in [7, 11) is 0. The molecule has 0 bridgehead atoms. The van der Waals surface area contributed by atoms with E-state index in [0.29, 0.717) is 12.2 Å². The van der Waals surface area contributed by atoms with Crippen LogP contribution in [0.15, 0.2) is 24.3 Å². The number of rotatable bonds is 3. The summed E-state index contributed by atoms with van der Waals surface area (Å²) in [6.07, 6.45) is 2.90. The van der Waals surface area contributed by atoms with Crippen LogP contribution >= 0.6 is 0 Å². The number of aryl methyl sites for hydroxylation is 1. The minimum atomic E-state index is -0.167. The van der Waals surface area contributed by atoms with Gasteiger partial charge in [0, 0.05) is 0 Å². The molecule has 0 N–H and O–H groups in total. The van der Waals surface area contributed by atoms with Crippen LogP contribution in [0.2, 0.25) is 0 Å². The third-order valence-corrected chi connectivity index (χ3v) is 2.47. The zero-order chi connectivity index (χ0) is 9.26. The lowest BCUT2D eigenvalue weighted by Gasteiger charge is -1.98. The van der Waals surface area contributed by atoms with Crippen molar-refractivity contribution in [3.8, 4) is 0 Å². The maximum absolute atomic E-state index is 12.5. The van der Waals surface area contributed by atoms with Gasteiger partial charge in [-0.1, -0.05) is 12.1 Å². The second-order valence-corrected chi connectivity index (χ2v) is 3.54. The number of halogens is 1. The summed E-state index contributed by atoms with van der Waals surface area (Å²) in [5.41, 5.74) is 1.18. The minimum Gasteiger partial charge on any atom is -0.370 e. The van der Waals surface area contributed by atoms with Crippen molar-refractivity contribution in [1.29, 1.82) is 0 Å². The number of hydrogen-bond donors (Lipinski definition) is 0. The number of benzene rings is 1. The molecule has 1 fully saturated rings. The van der Waals surface area contributed by atoms with E-state index in [1.807, 2.05) is 12.1 Å². The average molecular weight is 180 g/mol. The van der Waals surface area contributed by atoms with Crippen LogP contribution in [0.1, 0.15) is 18.9 Å². The Labute approximate surface area is 77.5 Å². The quantitative estimate of drug-likeness (QED) is 0.651. The third kappa shape index (κ3) is 2.28. The Bertz CT molecular complexity index is 281. The second kappa shape index (κ2) is 3.46. The monoisotopic (exact) mass is 180 g/mol. The van der Waals surface area contributed by atoms with E-state index in [9.17, 15) is 4.39 Å². The van der Waals surface area contributed by atoms with Crippen LogP contribution in [0.3, 0.4) is 0 Å². The van der Waals surface area contributed by atoms with E-state index in [1.165, 1.54) is 17.7 Å². The van der Waals surface area contributed by atoms with Gasteiger partial charge in [0.05, 0.1) is 12.2 Å². The molecule has 0 spiro atoms. The summed E-state index contributed by atoms with van der Waals surface area (Å²) in [6, 6.07) is 6.68. The highest BCUT2D eigenvalue weighted by Gasteiger charge is 2.32. The SMILES string of the molecule is CC1OC1CCc1ccc(F)cc1. The molecule has 1 nitrogen and oxygen atoms in total. The van der Waals surface area contributed by atoms with Crippen molar-refractivity contribution < 1.29 is 9.13 Å². The molecule has 1 aliphatic heterocycles. The Morgan fingerprint density at radius 1 is 1.31 bits per heavy atom. The van der Waals surface area contributed by atoms with Gasteiger partial charge < -0.3 is 4.74 Å². The minimum absolute atomic E-state index is 0.167. The fourth-order valence-electron chi connectivity index (χ4n) is 1.49. The normalized spacial score (nSPS) is 26.0. The second-order valence-electron chi connectivity index (χ2n) is 3.54. The molecular formula is C11H13FO. The fourth-order valence-corrected chi connectivity index (χ4v) is 1.49. The van der Waals surface area contributed by atoms with Crippen LogP contribution in [-0.2, 0) is 11.2 Å². The predicted octanol–water partition coefficient (Wildman–Crippen LogP) is 2.55. The molecule has 13 heavy (non-hydrogen) atoms. The number of ether oxygens (including phenoxy) is 1. The molecule has 0 saturated carbocycles. The van der Waals surface area contributed by atoms with Gasteiger partial charge in [0.15, 0.2) is 0 Å². The Hall–Kier alpha value is -0.890. The molecule has 0 radical (unpaired) electrons. The van der Waals surface area contributed by atoms with E-state index in [4.69, 9.17) is 4.74 Å². The summed E-state index contributed by atoms with van der Waals surface area (Å²) >= 11 is 0. The van der Waals surface area contributed by atoms with Crippen LogP contribution in [0.4, 0.5) is 4.39 Å².